The van der Waals surface area contributed by atoms with Crippen LogP contribution in [0.25, 0.3) is 0 Å². The summed E-state index contributed by atoms with van der Waals surface area (Å²) in [4.78, 5) is 52.5. The zero-order valence-corrected chi connectivity index (χ0v) is 16.5. The highest BCUT2D eigenvalue weighted by molar-refractivity contribution is 6.11. The lowest BCUT2D eigenvalue weighted by Crippen LogP contribution is -2.47. The Morgan fingerprint density at radius 3 is 2.25 bits per heavy atom. The average molecular weight is 385 g/mol. The Bertz CT molecular complexity index is 781. The van der Waals surface area contributed by atoms with Gasteiger partial charge in [0.15, 0.2) is 5.78 Å². The van der Waals surface area contributed by atoms with E-state index < -0.39 is 11.6 Å². The molecule has 2 heterocycles. The Morgan fingerprint density at radius 1 is 1.07 bits per heavy atom. The summed E-state index contributed by atoms with van der Waals surface area (Å²) in [5, 5.41) is 2.82. The molecule has 2 aliphatic heterocycles. The van der Waals surface area contributed by atoms with Gasteiger partial charge in [0.2, 0.25) is 5.91 Å². The number of amides is 4. The summed E-state index contributed by atoms with van der Waals surface area (Å²) >= 11 is 0. The molecule has 1 N–H and O–H groups in total. The minimum absolute atomic E-state index is 0.0848. The number of ketones is 1. The van der Waals surface area contributed by atoms with E-state index in [1.807, 2.05) is 13.8 Å². The van der Waals surface area contributed by atoms with Gasteiger partial charge >= 0.3 is 6.03 Å². The van der Waals surface area contributed by atoms with Crippen LogP contribution in [0.4, 0.5) is 10.5 Å². The number of imide groups is 1. The quantitative estimate of drug-likeness (QED) is 0.551. The van der Waals surface area contributed by atoms with Gasteiger partial charge < -0.3 is 10.2 Å². The van der Waals surface area contributed by atoms with Crippen LogP contribution < -0.4 is 10.2 Å². The number of Topliss-reactive ketones (excluding diaryl/α,β-unsaturated/α-hetero) is 1. The van der Waals surface area contributed by atoms with Gasteiger partial charge in [0.1, 0.15) is 5.54 Å². The molecule has 0 radical (unpaired) electrons. The number of anilines is 1. The van der Waals surface area contributed by atoms with Crippen molar-refractivity contribution in [2.45, 2.75) is 57.9 Å². The van der Waals surface area contributed by atoms with Crippen molar-refractivity contribution < 1.29 is 19.2 Å². The zero-order chi connectivity index (χ0) is 20.3. The molecule has 0 atom stereocenters. The van der Waals surface area contributed by atoms with Crippen LogP contribution in [0.3, 0.4) is 0 Å². The summed E-state index contributed by atoms with van der Waals surface area (Å²) in [6.45, 7) is 4.35. The monoisotopic (exact) mass is 385 g/mol. The molecule has 4 amide bonds. The fraction of sp³-hybridized carbons (Fsp3) is 0.524. The van der Waals surface area contributed by atoms with Crippen LogP contribution in [0.15, 0.2) is 24.3 Å². The van der Waals surface area contributed by atoms with Crippen LogP contribution in [0, 0.1) is 0 Å². The SMILES string of the molecule is CCCC1(CCC)NC(=O)N(CC(=O)c2ccc(N3CCCC3=O)cc2)C1=O. The topological polar surface area (TPSA) is 86.8 Å². The summed E-state index contributed by atoms with van der Waals surface area (Å²) in [5.74, 6) is -0.526. The van der Waals surface area contributed by atoms with Crippen molar-refractivity contribution in [2.75, 3.05) is 18.0 Å². The number of urea groups is 1. The van der Waals surface area contributed by atoms with Crippen molar-refractivity contribution in [3.8, 4) is 0 Å². The van der Waals surface area contributed by atoms with Crippen molar-refractivity contribution in [3.63, 3.8) is 0 Å². The standard InChI is InChI=1S/C21H27N3O4/c1-3-11-21(12-4-2)19(27)24(20(28)22-21)14-17(25)15-7-9-16(10-8-15)23-13-5-6-18(23)26/h7-10H,3-6,11-14H2,1-2H3,(H,22,28). The molecule has 28 heavy (non-hydrogen) atoms. The average Bonchev–Trinajstić information content (AvgIpc) is 3.19. The molecule has 0 bridgehead atoms. The number of hydrogen-bond donors (Lipinski definition) is 1. The first-order chi connectivity index (χ1) is 13.4. The molecule has 0 spiro atoms. The Balaban J connectivity index is 1.71. The van der Waals surface area contributed by atoms with Gasteiger partial charge in [0.05, 0.1) is 6.54 Å². The van der Waals surface area contributed by atoms with Gasteiger partial charge in [-0.2, -0.15) is 0 Å². The second-order valence-electron chi connectivity index (χ2n) is 7.52. The molecule has 3 rings (SSSR count). The maximum absolute atomic E-state index is 12.9. The number of hydrogen-bond acceptors (Lipinski definition) is 4. The predicted molar refractivity (Wildman–Crippen MR) is 105 cm³/mol. The van der Waals surface area contributed by atoms with Crippen molar-refractivity contribution in [1.82, 2.24) is 10.2 Å². The molecule has 7 heteroatoms. The third kappa shape index (κ3) is 3.66. The van der Waals surface area contributed by atoms with Crippen molar-refractivity contribution in [2.24, 2.45) is 0 Å². The molecule has 150 valence electrons. The van der Waals surface area contributed by atoms with Gasteiger partial charge in [-0.15, -0.1) is 0 Å². The molecule has 1 aromatic rings. The molecular weight excluding hydrogens is 358 g/mol. The fourth-order valence-corrected chi connectivity index (χ4v) is 4.12. The van der Waals surface area contributed by atoms with E-state index in [1.54, 1.807) is 29.2 Å². The molecule has 2 fully saturated rings. The first-order valence-electron chi connectivity index (χ1n) is 9.99. The number of benzene rings is 1. The van der Waals surface area contributed by atoms with E-state index in [9.17, 15) is 19.2 Å². The molecule has 7 nitrogen and oxygen atoms in total. The van der Waals surface area contributed by atoms with Crippen LogP contribution in [-0.4, -0.2) is 47.2 Å². The minimum atomic E-state index is -0.888. The number of carbonyl (C=O) groups excluding carboxylic acids is 4. The Kier molecular flexibility index (Phi) is 5.82. The molecule has 2 saturated heterocycles. The van der Waals surface area contributed by atoms with Crippen molar-refractivity contribution >= 4 is 29.3 Å². The van der Waals surface area contributed by atoms with Crippen molar-refractivity contribution in [1.29, 1.82) is 0 Å². The molecule has 1 aromatic carbocycles. The van der Waals surface area contributed by atoms with E-state index in [0.29, 0.717) is 31.4 Å². The third-order valence-electron chi connectivity index (χ3n) is 5.48. The van der Waals surface area contributed by atoms with Gasteiger partial charge in [-0.25, -0.2) is 4.79 Å². The Morgan fingerprint density at radius 2 is 1.71 bits per heavy atom. The van der Waals surface area contributed by atoms with Gasteiger partial charge in [0, 0.05) is 24.2 Å². The van der Waals surface area contributed by atoms with Gasteiger partial charge in [-0.05, 0) is 43.5 Å². The maximum atomic E-state index is 12.9. The summed E-state index contributed by atoms with van der Waals surface area (Å²) in [5.41, 5.74) is 0.291. The van der Waals surface area contributed by atoms with E-state index >= 15 is 0 Å². The van der Waals surface area contributed by atoms with Gasteiger partial charge in [-0.1, -0.05) is 26.7 Å². The maximum Gasteiger partial charge on any atom is 0.325 e. The summed E-state index contributed by atoms with van der Waals surface area (Å²) in [6, 6.07) is 6.27. The highest BCUT2D eigenvalue weighted by Crippen LogP contribution is 2.28. The Hall–Kier alpha value is -2.70. The van der Waals surface area contributed by atoms with Crippen LogP contribution in [0.1, 0.15) is 62.7 Å². The van der Waals surface area contributed by atoms with Crippen LogP contribution in [0.5, 0.6) is 0 Å². The summed E-state index contributed by atoms with van der Waals surface area (Å²) < 4.78 is 0. The zero-order valence-electron chi connectivity index (χ0n) is 16.5. The normalized spacial score (nSPS) is 18.7. The first kappa shape index (κ1) is 20.0. The van der Waals surface area contributed by atoms with Crippen LogP contribution >= 0.6 is 0 Å². The second kappa shape index (κ2) is 8.12. The lowest BCUT2D eigenvalue weighted by Gasteiger charge is -2.25. The molecular formula is C21H27N3O4. The van der Waals surface area contributed by atoms with Crippen molar-refractivity contribution in [3.05, 3.63) is 29.8 Å². The highest BCUT2D eigenvalue weighted by Gasteiger charge is 2.50. The number of rotatable bonds is 8. The van der Waals surface area contributed by atoms with Crippen LogP contribution in [-0.2, 0) is 9.59 Å². The Labute approximate surface area is 165 Å². The molecule has 0 aliphatic carbocycles. The van der Waals surface area contributed by atoms with E-state index in [1.165, 1.54) is 0 Å². The van der Waals surface area contributed by atoms with E-state index in [4.69, 9.17) is 0 Å². The van der Waals surface area contributed by atoms with E-state index in [0.717, 1.165) is 29.8 Å². The lowest BCUT2D eigenvalue weighted by atomic mass is 9.88. The largest absolute Gasteiger partial charge is 0.325 e. The van der Waals surface area contributed by atoms with Gasteiger partial charge in [-0.3, -0.25) is 19.3 Å². The molecule has 2 aliphatic rings. The first-order valence-corrected chi connectivity index (χ1v) is 9.99. The number of nitrogens with zero attached hydrogens (tertiary/aromatic N) is 2. The summed E-state index contributed by atoms with van der Waals surface area (Å²) in [6.07, 6.45) is 4.05. The third-order valence-corrected chi connectivity index (χ3v) is 5.48. The van der Waals surface area contributed by atoms with Gasteiger partial charge in [0.25, 0.3) is 5.91 Å². The molecule has 0 unspecified atom stereocenters. The minimum Gasteiger partial charge on any atom is -0.323 e. The van der Waals surface area contributed by atoms with Crippen LogP contribution in [0.2, 0.25) is 0 Å². The van der Waals surface area contributed by atoms with E-state index in [-0.39, 0.29) is 24.1 Å². The fourth-order valence-electron chi connectivity index (χ4n) is 4.12. The highest BCUT2D eigenvalue weighted by atomic mass is 16.2. The second-order valence-corrected chi connectivity index (χ2v) is 7.52. The van der Waals surface area contributed by atoms with E-state index in [2.05, 4.69) is 5.32 Å². The number of carbonyl (C=O) groups is 4. The smallest absolute Gasteiger partial charge is 0.323 e. The molecule has 0 saturated carbocycles. The summed E-state index contributed by atoms with van der Waals surface area (Å²) in [7, 11) is 0. The lowest BCUT2D eigenvalue weighted by molar-refractivity contribution is -0.131. The molecule has 0 aromatic heterocycles. The predicted octanol–water partition coefficient (Wildman–Crippen LogP) is 2.89. The number of nitrogens with one attached hydrogen (secondary N) is 1.